The zero-order valence-corrected chi connectivity index (χ0v) is 14.0. The summed E-state index contributed by atoms with van der Waals surface area (Å²) in [5.41, 5.74) is 5.08. The van der Waals surface area contributed by atoms with Gasteiger partial charge in [0.2, 0.25) is 5.91 Å². The number of nitrogens with one attached hydrogen (secondary N) is 1. The molecule has 0 saturated carbocycles. The summed E-state index contributed by atoms with van der Waals surface area (Å²) in [5, 5.41) is 5.18. The maximum atomic E-state index is 12.0. The molecule has 0 aliphatic rings. The molecule has 0 atom stereocenters. The first-order chi connectivity index (χ1) is 11.7. The lowest BCUT2D eigenvalue weighted by Crippen LogP contribution is -2.21. The summed E-state index contributed by atoms with van der Waals surface area (Å²) in [6.45, 7) is 1.83. The molecule has 3 rings (SSSR count). The molecule has 1 amide bonds. The standard InChI is InChI=1S/C18H16N4OS/c1-13(15-7-3-9-19-11-15)21-22-17(23)12-24-16-8-2-5-14-6-4-10-20-18(14)16/h2-11H,12H2,1H3,(H,22,23)/b21-13-. The van der Waals surface area contributed by atoms with Crippen molar-refractivity contribution in [1.82, 2.24) is 15.4 Å². The first-order valence-corrected chi connectivity index (χ1v) is 8.42. The molecule has 0 fully saturated rings. The van der Waals surface area contributed by atoms with Crippen LogP contribution in [-0.4, -0.2) is 27.3 Å². The highest BCUT2D eigenvalue weighted by atomic mass is 32.2. The average molecular weight is 336 g/mol. The maximum absolute atomic E-state index is 12.0. The largest absolute Gasteiger partial charge is 0.272 e. The molecular formula is C18H16N4OS. The van der Waals surface area contributed by atoms with E-state index < -0.39 is 0 Å². The lowest BCUT2D eigenvalue weighted by atomic mass is 10.2. The van der Waals surface area contributed by atoms with Crippen LogP contribution in [0, 0.1) is 0 Å². The second kappa shape index (κ2) is 7.70. The number of hydrogen-bond acceptors (Lipinski definition) is 5. The number of thioether (sulfide) groups is 1. The van der Waals surface area contributed by atoms with Gasteiger partial charge < -0.3 is 0 Å². The Hall–Kier alpha value is -2.73. The Balaban J connectivity index is 1.61. The van der Waals surface area contributed by atoms with Gasteiger partial charge in [-0.3, -0.25) is 14.8 Å². The highest BCUT2D eigenvalue weighted by Crippen LogP contribution is 2.25. The van der Waals surface area contributed by atoms with Crippen LogP contribution in [0.2, 0.25) is 0 Å². The number of hydrazone groups is 1. The maximum Gasteiger partial charge on any atom is 0.250 e. The Kier molecular flexibility index (Phi) is 5.18. The Labute approximate surface area is 144 Å². The summed E-state index contributed by atoms with van der Waals surface area (Å²) in [4.78, 5) is 21.4. The van der Waals surface area contributed by atoms with Gasteiger partial charge >= 0.3 is 0 Å². The molecule has 2 aromatic heterocycles. The van der Waals surface area contributed by atoms with Crippen molar-refractivity contribution in [2.24, 2.45) is 5.10 Å². The van der Waals surface area contributed by atoms with Gasteiger partial charge in [0.05, 0.1) is 17.0 Å². The Morgan fingerprint density at radius 3 is 2.83 bits per heavy atom. The summed E-state index contributed by atoms with van der Waals surface area (Å²) in [6, 6.07) is 13.6. The van der Waals surface area contributed by atoms with E-state index in [1.807, 2.05) is 49.4 Å². The number of hydrogen-bond donors (Lipinski definition) is 1. The summed E-state index contributed by atoms with van der Waals surface area (Å²) in [7, 11) is 0. The fourth-order valence-corrected chi connectivity index (χ4v) is 2.99. The number of carbonyl (C=O) groups excluding carboxylic acids is 1. The highest BCUT2D eigenvalue weighted by molar-refractivity contribution is 8.00. The molecule has 1 aromatic carbocycles. The third-order valence-corrected chi connectivity index (χ3v) is 4.43. The van der Waals surface area contributed by atoms with Crippen molar-refractivity contribution in [2.45, 2.75) is 11.8 Å². The van der Waals surface area contributed by atoms with Crippen molar-refractivity contribution in [1.29, 1.82) is 0 Å². The Bertz CT molecular complexity index is 875. The second-order valence-electron chi connectivity index (χ2n) is 5.09. The summed E-state index contributed by atoms with van der Waals surface area (Å²) in [6.07, 6.45) is 5.17. The second-order valence-corrected chi connectivity index (χ2v) is 6.11. The van der Waals surface area contributed by atoms with E-state index in [0.29, 0.717) is 5.71 Å². The molecule has 0 bridgehead atoms. The summed E-state index contributed by atoms with van der Waals surface area (Å²) >= 11 is 1.45. The molecule has 120 valence electrons. The molecule has 0 spiro atoms. The number of pyridine rings is 2. The minimum Gasteiger partial charge on any atom is -0.272 e. The summed E-state index contributed by atoms with van der Waals surface area (Å²) < 4.78 is 0. The molecule has 5 nitrogen and oxygen atoms in total. The molecule has 0 aliphatic carbocycles. The van der Waals surface area contributed by atoms with Gasteiger partial charge in [-0.2, -0.15) is 5.10 Å². The van der Waals surface area contributed by atoms with Gasteiger partial charge in [0, 0.05) is 34.4 Å². The predicted molar refractivity (Wildman–Crippen MR) is 97.1 cm³/mol. The SMILES string of the molecule is C/C(=N/NC(=O)CSc1cccc2cccnc12)c1cccnc1. The molecule has 1 N–H and O–H groups in total. The molecule has 0 unspecified atom stereocenters. The fraction of sp³-hybridized carbons (Fsp3) is 0.111. The van der Waals surface area contributed by atoms with Crippen molar-refractivity contribution in [3.05, 3.63) is 66.6 Å². The molecule has 0 saturated heterocycles. The lowest BCUT2D eigenvalue weighted by Gasteiger charge is -2.05. The molecule has 6 heteroatoms. The number of amides is 1. The van der Waals surface area contributed by atoms with E-state index in [4.69, 9.17) is 0 Å². The first-order valence-electron chi connectivity index (χ1n) is 7.44. The van der Waals surface area contributed by atoms with Crippen LogP contribution in [0.1, 0.15) is 12.5 Å². The van der Waals surface area contributed by atoms with Gasteiger partial charge in [0.1, 0.15) is 0 Å². The van der Waals surface area contributed by atoms with Crippen LogP contribution in [0.5, 0.6) is 0 Å². The number of para-hydroxylation sites is 1. The number of carbonyl (C=O) groups is 1. The van der Waals surface area contributed by atoms with E-state index in [-0.39, 0.29) is 11.7 Å². The van der Waals surface area contributed by atoms with Crippen molar-refractivity contribution in [3.8, 4) is 0 Å². The van der Waals surface area contributed by atoms with E-state index in [1.54, 1.807) is 18.6 Å². The van der Waals surface area contributed by atoms with Crippen molar-refractivity contribution in [2.75, 3.05) is 5.75 Å². The van der Waals surface area contributed by atoms with Gasteiger partial charge in [0.25, 0.3) is 0 Å². The van der Waals surface area contributed by atoms with Crippen LogP contribution in [0.3, 0.4) is 0 Å². The molecule has 2 heterocycles. The van der Waals surface area contributed by atoms with Crippen LogP contribution < -0.4 is 5.43 Å². The molecule has 0 aliphatic heterocycles. The monoisotopic (exact) mass is 336 g/mol. The van der Waals surface area contributed by atoms with Crippen LogP contribution in [0.4, 0.5) is 0 Å². The quantitative estimate of drug-likeness (QED) is 0.441. The summed E-state index contributed by atoms with van der Waals surface area (Å²) in [5.74, 6) is 0.121. The van der Waals surface area contributed by atoms with E-state index >= 15 is 0 Å². The van der Waals surface area contributed by atoms with Crippen molar-refractivity contribution in [3.63, 3.8) is 0 Å². The fourth-order valence-electron chi connectivity index (χ4n) is 2.16. The highest BCUT2D eigenvalue weighted by Gasteiger charge is 2.06. The predicted octanol–water partition coefficient (Wildman–Crippen LogP) is 3.26. The average Bonchev–Trinajstić information content (AvgIpc) is 2.65. The van der Waals surface area contributed by atoms with Crippen LogP contribution >= 0.6 is 11.8 Å². The van der Waals surface area contributed by atoms with Crippen LogP contribution in [0.25, 0.3) is 10.9 Å². The van der Waals surface area contributed by atoms with Crippen molar-refractivity contribution < 1.29 is 4.79 Å². The minimum absolute atomic E-state index is 0.156. The molecular weight excluding hydrogens is 320 g/mol. The zero-order chi connectivity index (χ0) is 16.8. The number of benzene rings is 1. The van der Waals surface area contributed by atoms with E-state index in [1.165, 1.54) is 11.8 Å². The van der Waals surface area contributed by atoms with Gasteiger partial charge in [-0.1, -0.05) is 24.3 Å². The van der Waals surface area contributed by atoms with E-state index in [2.05, 4.69) is 20.5 Å². The molecule has 3 aromatic rings. The van der Waals surface area contributed by atoms with Crippen LogP contribution in [-0.2, 0) is 4.79 Å². The van der Waals surface area contributed by atoms with Gasteiger partial charge in [0.15, 0.2) is 0 Å². The number of nitrogens with zero attached hydrogens (tertiary/aromatic N) is 3. The van der Waals surface area contributed by atoms with E-state index in [9.17, 15) is 4.79 Å². The van der Waals surface area contributed by atoms with E-state index in [0.717, 1.165) is 21.4 Å². The zero-order valence-electron chi connectivity index (χ0n) is 13.1. The number of aromatic nitrogens is 2. The first kappa shape index (κ1) is 16.1. The minimum atomic E-state index is -0.156. The van der Waals surface area contributed by atoms with Gasteiger partial charge in [-0.25, -0.2) is 5.43 Å². The van der Waals surface area contributed by atoms with Gasteiger partial charge in [-0.05, 0) is 25.1 Å². The number of rotatable bonds is 5. The Morgan fingerprint density at radius 2 is 2.00 bits per heavy atom. The number of fused-ring (bicyclic) bond motifs is 1. The molecule has 24 heavy (non-hydrogen) atoms. The molecule has 0 radical (unpaired) electrons. The normalized spacial score (nSPS) is 11.5. The third-order valence-electron chi connectivity index (χ3n) is 3.38. The topological polar surface area (TPSA) is 67.2 Å². The smallest absolute Gasteiger partial charge is 0.250 e. The van der Waals surface area contributed by atoms with Crippen molar-refractivity contribution >= 4 is 34.3 Å². The van der Waals surface area contributed by atoms with Crippen LogP contribution in [0.15, 0.2) is 71.1 Å². The van der Waals surface area contributed by atoms with Gasteiger partial charge in [-0.15, -0.1) is 11.8 Å². The Morgan fingerprint density at radius 1 is 1.17 bits per heavy atom. The lowest BCUT2D eigenvalue weighted by molar-refractivity contribution is -0.118. The third kappa shape index (κ3) is 3.97.